The lowest BCUT2D eigenvalue weighted by Gasteiger charge is -2.26. The first-order valence-corrected chi connectivity index (χ1v) is 6.47. The van der Waals surface area contributed by atoms with Crippen molar-refractivity contribution < 1.29 is 14.3 Å². The number of hydrogen-bond acceptors (Lipinski definition) is 3. The van der Waals surface area contributed by atoms with Crippen molar-refractivity contribution in [2.45, 2.75) is 13.8 Å². The number of amides is 2. The van der Waals surface area contributed by atoms with Crippen LogP contribution in [0, 0.1) is 13.8 Å². The highest BCUT2D eigenvalue weighted by Crippen LogP contribution is 2.18. The Morgan fingerprint density at radius 2 is 2.11 bits per heavy atom. The maximum Gasteiger partial charge on any atom is 0.320 e. The van der Waals surface area contributed by atoms with Crippen LogP contribution < -0.4 is 10.1 Å². The van der Waals surface area contributed by atoms with Gasteiger partial charge in [-0.05, 0) is 25.5 Å². The zero-order valence-electron chi connectivity index (χ0n) is 11.4. The van der Waals surface area contributed by atoms with Crippen LogP contribution in [0.4, 0.5) is 4.79 Å². The first-order valence-electron chi connectivity index (χ1n) is 6.47. The Hall–Kier alpha value is -1.75. The fourth-order valence-electron chi connectivity index (χ4n) is 2.02. The Labute approximate surface area is 113 Å². The molecular weight excluding hydrogens is 244 g/mol. The monoisotopic (exact) mass is 264 g/mol. The number of nitrogens with zero attached hydrogens (tertiary/aromatic N) is 1. The minimum absolute atomic E-state index is 0.104. The number of hydrogen-bond donors (Lipinski definition) is 1. The van der Waals surface area contributed by atoms with E-state index in [4.69, 9.17) is 9.47 Å². The quantitative estimate of drug-likeness (QED) is 0.845. The Kier molecular flexibility index (Phi) is 4.63. The minimum atomic E-state index is -0.104. The molecule has 1 aliphatic rings. The summed E-state index contributed by atoms with van der Waals surface area (Å²) in [5.41, 5.74) is 2.27. The summed E-state index contributed by atoms with van der Waals surface area (Å²) in [4.78, 5) is 13.5. The van der Waals surface area contributed by atoms with Gasteiger partial charge in [0.05, 0.1) is 13.2 Å². The molecule has 1 saturated heterocycles. The number of urea groups is 1. The van der Waals surface area contributed by atoms with Crippen molar-refractivity contribution in [1.82, 2.24) is 10.2 Å². The van der Waals surface area contributed by atoms with E-state index in [0.29, 0.717) is 26.3 Å². The number of rotatable bonds is 3. The molecule has 0 atom stereocenters. The van der Waals surface area contributed by atoms with Crippen LogP contribution in [0.2, 0.25) is 0 Å². The average molecular weight is 264 g/mol. The number of nitrogens with one attached hydrogen (secondary N) is 1. The molecule has 0 aromatic heterocycles. The van der Waals surface area contributed by atoms with Crippen molar-refractivity contribution in [1.29, 1.82) is 0 Å². The molecule has 1 N–H and O–H groups in total. The molecule has 104 valence electrons. The van der Waals surface area contributed by atoms with E-state index < -0.39 is 0 Å². The molecule has 1 heterocycles. The molecule has 1 aromatic rings. The third-order valence-electron chi connectivity index (χ3n) is 3.08. The zero-order chi connectivity index (χ0) is 13.7. The highest BCUT2D eigenvalue weighted by Gasteiger charge is 2.16. The van der Waals surface area contributed by atoms with E-state index in [1.165, 1.54) is 5.56 Å². The van der Waals surface area contributed by atoms with Crippen LogP contribution in [0.5, 0.6) is 5.75 Å². The number of carbonyl (C=O) groups excluding carboxylic acids is 1. The molecule has 0 saturated carbocycles. The lowest BCUT2D eigenvalue weighted by molar-refractivity contribution is 0.0518. The van der Waals surface area contributed by atoms with Gasteiger partial charge in [0.1, 0.15) is 5.75 Å². The predicted molar refractivity (Wildman–Crippen MR) is 72.3 cm³/mol. The molecule has 0 radical (unpaired) electrons. The third kappa shape index (κ3) is 3.86. The van der Waals surface area contributed by atoms with Gasteiger partial charge < -0.3 is 19.7 Å². The Morgan fingerprint density at radius 1 is 1.37 bits per heavy atom. The highest BCUT2D eigenvalue weighted by atomic mass is 16.5. The fourth-order valence-corrected chi connectivity index (χ4v) is 2.02. The van der Waals surface area contributed by atoms with Gasteiger partial charge in [0, 0.05) is 13.1 Å². The van der Waals surface area contributed by atoms with Crippen molar-refractivity contribution in [2.24, 2.45) is 0 Å². The zero-order valence-corrected chi connectivity index (χ0v) is 11.4. The topological polar surface area (TPSA) is 50.8 Å². The van der Waals surface area contributed by atoms with Crippen LogP contribution in [-0.4, -0.2) is 44.0 Å². The summed E-state index contributed by atoms with van der Waals surface area (Å²) < 4.78 is 10.8. The molecule has 1 fully saturated rings. The Balaban J connectivity index is 1.78. The number of carbonyl (C=O) groups is 1. The van der Waals surface area contributed by atoms with E-state index in [-0.39, 0.29) is 12.8 Å². The lowest BCUT2D eigenvalue weighted by atomic mass is 10.1. The van der Waals surface area contributed by atoms with Crippen LogP contribution in [0.1, 0.15) is 11.1 Å². The van der Waals surface area contributed by atoms with Crippen LogP contribution in [-0.2, 0) is 4.74 Å². The van der Waals surface area contributed by atoms with E-state index in [2.05, 4.69) is 11.4 Å². The lowest BCUT2D eigenvalue weighted by Crippen LogP contribution is -2.47. The Bertz CT molecular complexity index is 442. The summed E-state index contributed by atoms with van der Waals surface area (Å²) in [6.07, 6.45) is 0. The molecule has 0 spiro atoms. The fraction of sp³-hybridized carbons (Fsp3) is 0.500. The SMILES string of the molecule is Cc1ccc(OCNC(=O)N2CCOCC2)c(C)c1. The van der Waals surface area contributed by atoms with Crippen molar-refractivity contribution >= 4 is 6.03 Å². The van der Waals surface area contributed by atoms with Crippen molar-refractivity contribution in [3.8, 4) is 5.75 Å². The first-order chi connectivity index (χ1) is 9.16. The molecule has 2 rings (SSSR count). The number of benzene rings is 1. The second kappa shape index (κ2) is 6.43. The van der Waals surface area contributed by atoms with Crippen LogP contribution in [0.15, 0.2) is 18.2 Å². The summed E-state index contributed by atoms with van der Waals surface area (Å²) in [5, 5.41) is 2.75. The van der Waals surface area contributed by atoms with E-state index in [1.807, 2.05) is 26.0 Å². The second-order valence-electron chi connectivity index (χ2n) is 4.64. The summed E-state index contributed by atoms with van der Waals surface area (Å²) >= 11 is 0. The van der Waals surface area contributed by atoms with Crippen molar-refractivity contribution in [2.75, 3.05) is 33.0 Å². The maximum atomic E-state index is 11.8. The Morgan fingerprint density at radius 3 is 2.79 bits per heavy atom. The first kappa shape index (κ1) is 13.7. The molecule has 0 unspecified atom stereocenters. The van der Waals surface area contributed by atoms with E-state index >= 15 is 0 Å². The van der Waals surface area contributed by atoms with Crippen molar-refractivity contribution in [3.63, 3.8) is 0 Å². The molecule has 1 aliphatic heterocycles. The summed E-state index contributed by atoms with van der Waals surface area (Å²) in [6, 6.07) is 5.87. The minimum Gasteiger partial charge on any atom is -0.473 e. The van der Waals surface area contributed by atoms with E-state index in [9.17, 15) is 4.79 Å². The van der Waals surface area contributed by atoms with Gasteiger partial charge in [0.15, 0.2) is 6.73 Å². The third-order valence-corrected chi connectivity index (χ3v) is 3.08. The van der Waals surface area contributed by atoms with Gasteiger partial charge in [-0.2, -0.15) is 0 Å². The molecule has 5 nitrogen and oxygen atoms in total. The van der Waals surface area contributed by atoms with Crippen LogP contribution >= 0.6 is 0 Å². The van der Waals surface area contributed by atoms with Crippen molar-refractivity contribution in [3.05, 3.63) is 29.3 Å². The molecular formula is C14H20N2O3. The van der Waals surface area contributed by atoms with Gasteiger partial charge in [-0.3, -0.25) is 0 Å². The standard InChI is InChI=1S/C14H20N2O3/c1-11-3-4-13(12(2)9-11)19-10-15-14(17)16-5-7-18-8-6-16/h3-4,9H,5-8,10H2,1-2H3,(H,15,17). The second-order valence-corrected chi connectivity index (χ2v) is 4.64. The number of morpholine rings is 1. The average Bonchev–Trinajstić information content (AvgIpc) is 2.42. The number of ether oxygens (including phenoxy) is 2. The largest absolute Gasteiger partial charge is 0.473 e. The van der Waals surface area contributed by atoms with Gasteiger partial charge in [-0.15, -0.1) is 0 Å². The van der Waals surface area contributed by atoms with Gasteiger partial charge >= 0.3 is 6.03 Å². The number of aryl methyl sites for hydroxylation is 2. The van der Waals surface area contributed by atoms with Gasteiger partial charge in [-0.25, -0.2) is 4.79 Å². The predicted octanol–water partition coefficient (Wildman–Crippen LogP) is 1.68. The normalized spacial score (nSPS) is 15.2. The highest BCUT2D eigenvalue weighted by molar-refractivity contribution is 5.74. The smallest absolute Gasteiger partial charge is 0.320 e. The van der Waals surface area contributed by atoms with E-state index in [0.717, 1.165) is 11.3 Å². The summed E-state index contributed by atoms with van der Waals surface area (Å²) in [5.74, 6) is 0.799. The molecule has 0 bridgehead atoms. The molecule has 1 aromatic carbocycles. The maximum absolute atomic E-state index is 11.8. The molecule has 0 aliphatic carbocycles. The van der Waals surface area contributed by atoms with Crippen LogP contribution in [0.25, 0.3) is 0 Å². The van der Waals surface area contributed by atoms with E-state index in [1.54, 1.807) is 4.90 Å². The van der Waals surface area contributed by atoms with Crippen LogP contribution in [0.3, 0.4) is 0 Å². The van der Waals surface area contributed by atoms with Gasteiger partial charge in [-0.1, -0.05) is 17.7 Å². The van der Waals surface area contributed by atoms with Gasteiger partial charge in [0.25, 0.3) is 0 Å². The summed E-state index contributed by atoms with van der Waals surface area (Å²) in [6.45, 7) is 6.69. The molecule has 2 amide bonds. The molecule has 5 heteroatoms. The summed E-state index contributed by atoms with van der Waals surface area (Å²) in [7, 11) is 0. The molecule has 19 heavy (non-hydrogen) atoms. The van der Waals surface area contributed by atoms with Gasteiger partial charge in [0.2, 0.25) is 0 Å².